The molecule has 0 unspecified atom stereocenters. The molecule has 22 heavy (non-hydrogen) atoms. The van der Waals surface area contributed by atoms with E-state index in [-0.39, 0.29) is 5.78 Å². The number of hydrogen-bond acceptors (Lipinski definition) is 1. The number of nitrogens with zero attached hydrogens (tertiary/aromatic N) is 1. The molecule has 2 aromatic carbocycles. The van der Waals surface area contributed by atoms with Crippen LogP contribution < -0.4 is 0 Å². The Morgan fingerprint density at radius 3 is 2.68 bits per heavy atom. The standard InChI is InChI=1S/C19H16N2O/c22-19(14-6-2-1-3-7-14)13-21-11-10-16-15-8-4-5-9-17(15)20-18(16)12-21/h1-9,12H,10-11,13H2/p+1. The molecule has 0 saturated carbocycles. The first kappa shape index (κ1) is 13.0. The van der Waals surface area contributed by atoms with E-state index in [4.69, 9.17) is 0 Å². The third-order valence-electron chi connectivity index (χ3n) is 4.25. The van der Waals surface area contributed by atoms with Gasteiger partial charge in [-0.15, -0.1) is 0 Å². The number of rotatable bonds is 3. The van der Waals surface area contributed by atoms with E-state index in [2.05, 4.69) is 34.0 Å². The zero-order valence-corrected chi connectivity index (χ0v) is 12.3. The average Bonchev–Trinajstić information content (AvgIpc) is 2.93. The van der Waals surface area contributed by atoms with E-state index in [9.17, 15) is 4.79 Å². The minimum Gasteiger partial charge on any atom is -0.350 e. The second-order valence-electron chi connectivity index (χ2n) is 5.70. The van der Waals surface area contributed by atoms with Gasteiger partial charge in [-0.25, -0.2) is 4.58 Å². The van der Waals surface area contributed by atoms with Gasteiger partial charge in [0, 0.05) is 22.9 Å². The SMILES string of the molecule is O=C(C[N+]1=Cc2[nH]c3ccccc3c2CC1)c1ccccc1. The minimum atomic E-state index is 0.163. The zero-order valence-electron chi connectivity index (χ0n) is 12.3. The summed E-state index contributed by atoms with van der Waals surface area (Å²) in [7, 11) is 0. The van der Waals surface area contributed by atoms with Crippen molar-refractivity contribution in [3.63, 3.8) is 0 Å². The Hall–Kier alpha value is -2.68. The first-order valence-corrected chi connectivity index (χ1v) is 7.58. The van der Waals surface area contributed by atoms with Crippen molar-refractivity contribution in [2.24, 2.45) is 0 Å². The van der Waals surface area contributed by atoms with Gasteiger partial charge in [-0.05, 0) is 11.6 Å². The molecule has 1 aliphatic rings. The summed E-state index contributed by atoms with van der Waals surface area (Å²) in [6, 6.07) is 17.9. The van der Waals surface area contributed by atoms with Gasteiger partial charge in [-0.1, -0.05) is 48.5 Å². The number of carbonyl (C=O) groups is 1. The molecule has 1 aromatic heterocycles. The van der Waals surface area contributed by atoms with Gasteiger partial charge >= 0.3 is 0 Å². The van der Waals surface area contributed by atoms with Gasteiger partial charge in [0.05, 0.1) is 0 Å². The Balaban J connectivity index is 1.63. The minimum absolute atomic E-state index is 0.163. The predicted molar refractivity (Wildman–Crippen MR) is 87.9 cm³/mol. The Morgan fingerprint density at radius 1 is 1.05 bits per heavy atom. The molecule has 0 bridgehead atoms. The van der Waals surface area contributed by atoms with Crippen LogP contribution in [0.4, 0.5) is 0 Å². The maximum Gasteiger partial charge on any atom is 0.227 e. The molecule has 3 nitrogen and oxygen atoms in total. The van der Waals surface area contributed by atoms with Gasteiger partial charge in [0.15, 0.2) is 6.21 Å². The fourth-order valence-corrected chi connectivity index (χ4v) is 3.13. The number of carbonyl (C=O) groups excluding carboxylic acids is 1. The lowest BCUT2D eigenvalue weighted by molar-refractivity contribution is -0.510. The summed E-state index contributed by atoms with van der Waals surface area (Å²) in [5.41, 5.74) is 4.44. The quantitative estimate of drug-likeness (QED) is 0.584. The maximum atomic E-state index is 12.3. The van der Waals surface area contributed by atoms with Crippen LogP contribution in [0.3, 0.4) is 0 Å². The molecule has 108 valence electrons. The van der Waals surface area contributed by atoms with Crippen molar-refractivity contribution in [2.75, 3.05) is 13.1 Å². The van der Waals surface area contributed by atoms with E-state index < -0.39 is 0 Å². The lowest BCUT2D eigenvalue weighted by Gasteiger charge is -2.09. The number of ketones is 1. The largest absolute Gasteiger partial charge is 0.350 e. The second-order valence-corrected chi connectivity index (χ2v) is 5.70. The predicted octanol–water partition coefficient (Wildman–Crippen LogP) is 3.04. The number of fused-ring (bicyclic) bond motifs is 3. The number of Topliss-reactive ketones (excluding diaryl/α,β-unsaturated/α-hetero) is 1. The number of aromatic amines is 1. The van der Waals surface area contributed by atoms with E-state index in [1.165, 1.54) is 16.5 Å². The highest BCUT2D eigenvalue weighted by molar-refractivity contribution is 5.98. The monoisotopic (exact) mass is 289 g/mol. The van der Waals surface area contributed by atoms with Crippen LogP contribution in [0.15, 0.2) is 54.6 Å². The second kappa shape index (κ2) is 5.26. The first-order chi connectivity index (χ1) is 10.8. The molecular weight excluding hydrogens is 272 g/mol. The highest BCUT2D eigenvalue weighted by Crippen LogP contribution is 2.23. The molecule has 4 rings (SSSR count). The Morgan fingerprint density at radius 2 is 1.82 bits per heavy atom. The molecule has 3 heteroatoms. The normalized spacial score (nSPS) is 13.7. The number of nitrogens with one attached hydrogen (secondary N) is 1. The number of H-pyrrole nitrogens is 1. The smallest absolute Gasteiger partial charge is 0.227 e. The van der Waals surface area contributed by atoms with Gasteiger partial charge in [0.2, 0.25) is 12.3 Å². The van der Waals surface area contributed by atoms with Crippen LogP contribution in [0.25, 0.3) is 10.9 Å². The van der Waals surface area contributed by atoms with Crippen molar-refractivity contribution in [1.29, 1.82) is 0 Å². The van der Waals surface area contributed by atoms with E-state index >= 15 is 0 Å². The first-order valence-electron chi connectivity index (χ1n) is 7.58. The zero-order chi connectivity index (χ0) is 14.9. The molecule has 0 saturated heterocycles. The van der Waals surface area contributed by atoms with Crippen LogP contribution in [-0.2, 0) is 6.42 Å². The summed E-state index contributed by atoms with van der Waals surface area (Å²) >= 11 is 0. The molecule has 0 atom stereocenters. The lowest BCUT2D eigenvalue weighted by atomic mass is 10.0. The molecule has 1 aliphatic heterocycles. The van der Waals surface area contributed by atoms with Crippen molar-refractivity contribution in [2.45, 2.75) is 6.42 Å². The third kappa shape index (κ3) is 2.25. The van der Waals surface area contributed by atoms with Crippen molar-refractivity contribution < 1.29 is 9.37 Å². The Kier molecular flexibility index (Phi) is 3.11. The summed E-state index contributed by atoms with van der Waals surface area (Å²) in [6.45, 7) is 1.31. The van der Waals surface area contributed by atoms with Gasteiger partial charge < -0.3 is 4.98 Å². The van der Waals surface area contributed by atoms with Crippen molar-refractivity contribution >= 4 is 22.9 Å². The van der Waals surface area contributed by atoms with Crippen LogP contribution in [0.1, 0.15) is 21.6 Å². The summed E-state index contributed by atoms with van der Waals surface area (Å²) in [5, 5.41) is 1.29. The number of hydrogen-bond donors (Lipinski definition) is 1. The average molecular weight is 289 g/mol. The number of aromatic nitrogens is 1. The summed E-state index contributed by atoms with van der Waals surface area (Å²) in [5.74, 6) is 0.163. The van der Waals surface area contributed by atoms with Crippen LogP contribution in [-0.4, -0.2) is 34.6 Å². The number of benzene rings is 2. The van der Waals surface area contributed by atoms with Gasteiger partial charge in [0.25, 0.3) is 0 Å². The summed E-state index contributed by atoms with van der Waals surface area (Å²) < 4.78 is 2.10. The van der Waals surface area contributed by atoms with Crippen LogP contribution in [0.2, 0.25) is 0 Å². The molecule has 2 heterocycles. The molecule has 0 fully saturated rings. The van der Waals surface area contributed by atoms with E-state index in [0.717, 1.165) is 24.2 Å². The van der Waals surface area contributed by atoms with Crippen molar-refractivity contribution in [3.05, 3.63) is 71.4 Å². The number of para-hydroxylation sites is 1. The fraction of sp³-hybridized carbons (Fsp3) is 0.158. The molecular formula is C19H17N2O+. The molecule has 0 aliphatic carbocycles. The topological polar surface area (TPSA) is 35.9 Å². The lowest BCUT2D eigenvalue weighted by Crippen LogP contribution is -2.27. The molecule has 3 aromatic rings. The van der Waals surface area contributed by atoms with Crippen molar-refractivity contribution in [3.8, 4) is 0 Å². The molecule has 0 spiro atoms. The van der Waals surface area contributed by atoms with Gasteiger partial charge in [0.1, 0.15) is 12.2 Å². The summed E-state index contributed by atoms with van der Waals surface area (Å²) in [4.78, 5) is 15.8. The fourth-order valence-electron chi connectivity index (χ4n) is 3.13. The van der Waals surface area contributed by atoms with Crippen LogP contribution in [0.5, 0.6) is 0 Å². The highest BCUT2D eigenvalue weighted by atomic mass is 16.1. The van der Waals surface area contributed by atoms with Crippen LogP contribution >= 0.6 is 0 Å². The van der Waals surface area contributed by atoms with E-state index in [1.54, 1.807) is 0 Å². The highest BCUT2D eigenvalue weighted by Gasteiger charge is 2.22. The maximum absolute atomic E-state index is 12.3. The molecule has 0 radical (unpaired) electrons. The van der Waals surface area contributed by atoms with Gasteiger partial charge in [-0.3, -0.25) is 4.79 Å². The molecule has 0 amide bonds. The Labute approximate surface area is 128 Å². The third-order valence-corrected chi connectivity index (χ3v) is 4.25. The van der Waals surface area contributed by atoms with Crippen LogP contribution in [0, 0.1) is 0 Å². The van der Waals surface area contributed by atoms with E-state index in [1.807, 2.05) is 36.4 Å². The summed E-state index contributed by atoms with van der Waals surface area (Å²) in [6.07, 6.45) is 3.05. The van der Waals surface area contributed by atoms with E-state index in [0.29, 0.717) is 6.54 Å². The van der Waals surface area contributed by atoms with Crippen molar-refractivity contribution in [1.82, 2.24) is 4.98 Å². The molecule has 1 N–H and O–H groups in total. The van der Waals surface area contributed by atoms with Gasteiger partial charge in [-0.2, -0.15) is 0 Å². The Bertz CT molecular complexity index is 875.